The van der Waals surface area contributed by atoms with Crippen LogP contribution < -0.4 is 4.73 Å². The van der Waals surface area contributed by atoms with Crippen molar-refractivity contribution >= 4 is 33.6 Å². The zero-order valence-electron chi connectivity index (χ0n) is 5.41. The van der Waals surface area contributed by atoms with Gasteiger partial charge in [-0.2, -0.15) is 0 Å². The van der Waals surface area contributed by atoms with Crippen LogP contribution in [0, 0.1) is 8.78 Å². The van der Waals surface area contributed by atoms with Gasteiger partial charge in [-0.25, -0.2) is 4.73 Å². The van der Waals surface area contributed by atoms with Crippen LogP contribution in [0.4, 0.5) is 0 Å². The minimum Gasteiger partial charge on any atom is -0.711 e. The smallest absolute Gasteiger partial charge is 0.312 e. The van der Waals surface area contributed by atoms with Crippen molar-refractivity contribution in [2.45, 2.75) is 0 Å². The molecule has 2 heterocycles. The van der Waals surface area contributed by atoms with Crippen molar-refractivity contribution in [3.8, 4) is 0 Å². The van der Waals surface area contributed by atoms with Crippen molar-refractivity contribution in [2.75, 3.05) is 0 Å². The van der Waals surface area contributed by atoms with E-state index in [1.54, 1.807) is 12.3 Å². The maximum Gasteiger partial charge on any atom is 0.312 e. The van der Waals surface area contributed by atoms with Gasteiger partial charge in [0.25, 0.3) is 0 Å². The normalized spacial score (nSPS) is 10.6. The summed E-state index contributed by atoms with van der Waals surface area (Å²) in [5.74, 6) is 0. The summed E-state index contributed by atoms with van der Waals surface area (Å²) in [4.78, 5) is 0. The zero-order valence-corrected chi connectivity index (χ0v) is 7.57. The van der Waals surface area contributed by atoms with E-state index < -0.39 is 0 Å². The first-order valence-corrected chi connectivity index (χ1v) is 4.07. The summed E-state index contributed by atoms with van der Waals surface area (Å²) in [7, 11) is 0. The lowest BCUT2D eigenvalue weighted by atomic mass is 10.4. The van der Waals surface area contributed by atoms with Crippen LogP contribution in [-0.2, 0) is 0 Å². The van der Waals surface area contributed by atoms with Gasteiger partial charge in [-0.1, -0.05) is 5.10 Å². The fourth-order valence-electron chi connectivity index (χ4n) is 0.920. The molecule has 11 heavy (non-hydrogen) atoms. The third-order valence-electron chi connectivity index (χ3n) is 1.45. The number of pyridine rings is 1. The second kappa shape index (κ2) is 2.33. The molecule has 0 saturated carbocycles. The second-order valence-corrected chi connectivity index (χ2v) is 3.28. The molecule has 4 nitrogen and oxygen atoms in total. The SMILES string of the molecule is [O-][n+]1ccc(I)c2cn[nH]c21. The van der Waals surface area contributed by atoms with E-state index in [4.69, 9.17) is 0 Å². The summed E-state index contributed by atoms with van der Waals surface area (Å²) in [5, 5.41) is 18.3. The number of aromatic amines is 1. The molecule has 0 bridgehead atoms. The van der Waals surface area contributed by atoms with Crippen molar-refractivity contribution in [1.29, 1.82) is 0 Å². The molecule has 0 spiro atoms. The molecule has 0 saturated heterocycles. The molecular formula is C6H4IN3O. The molecule has 2 rings (SSSR count). The third kappa shape index (κ3) is 0.953. The summed E-state index contributed by atoms with van der Waals surface area (Å²) >= 11 is 2.16. The number of rotatable bonds is 0. The molecule has 56 valence electrons. The quantitative estimate of drug-likeness (QED) is 0.433. The van der Waals surface area contributed by atoms with Crippen LogP contribution in [0.25, 0.3) is 11.0 Å². The van der Waals surface area contributed by atoms with Gasteiger partial charge in [0, 0.05) is 3.57 Å². The summed E-state index contributed by atoms with van der Waals surface area (Å²) in [6.45, 7) is 0. The highest BCUT2D eigenvalue weighted by atomic mass is 127. The number of hydrogen-bond donors (Lipinski definition) is 1. The Morgan fingerprint density at radius 3 is 3.18 bits per heavy atom. The van der Waals surface area contributed by atoms with Gasteiger partial charge in [-0.3, -0.25) is 0 Å². The number of fused-ring (bicyclic) bond motifs is 1. The van der Waals surface area contributed by atoms with Gasteiger partial charge in [0.05, 0.1) is 12.4 Å². The first-order valence-electron chi connectivity index (χ1n) is 3.00. The predicted octanol–water partition coefficient (Wildman–Crippen LogP) is 0.801. The van der Waals surface area contributed by atoms with Crippen LogP contribution in [0.2, 0.25) is 0 Å². The van der Waals surface area contributed by atoms with E-state index in [2.05, 4.69) is 32.8 Å². The second-order valence-electron chi connectivity index (χ2n) is 2.12. The number of aromatic nitrogens is 3. The minimum absolute atomic E-state index is 0.511. The van der Waals surface area contributed by atoms with Gasteiger partial charge < -0.3 is 5.21 Å². The van der Waals surface area contributed by atoms with E-state index in [1.807, 2.05) is 0 Å². The fraction of sp³-hybridized carbons (Fsp3) is 0. The number of halogens is 1. The van der Waals surface area contributed by atoms with Crippen LogP contribution in [0.3, 0.4) is 0 Å². The van der Waals surface area contributed by atoms with Gasteiger partial charge in [0.2, 0.25) is 0 Å². The highest BCUT2D eigenvalue weighted by Crippen LogP contribution is 2.13. The van der Waals surface area contributed by atoms with Gasteiger partial charge in [-0.05, 0) is 28.7 Å². The molecule has 0 atom stereocenters. The van der Waals surface area contributed by atoms with Crippen molar-refractivity contribution < 1.29 is 4.73 Å². The van der Waals surface area contributed by atoms with Crippen LogP contribution >= 0.6 is 22.6 Å². The lowest BCUT2D eigenvalue weighted by Gasteiger charge is -2.00. The predicted molar refractivity (Wildman–Crippen MR) is 47.8 cm³/mol. The molecule has 0 aliphatic heterocycles. The van der Waals surface area contributed by atoms with E-state index in [0.29, 0.717) is 5.65 Å². The van der Waals surface area contributed by atoms with E-state index in [-0.39, 0.29) is 0 Å². The van der Waals surface area contributed by atoms with Gasteiger partial charge in [0.15, 0.2) is 0 Å². The lowest BCUT2D eigenvalue weighted by molar-refractivity contribution is -0.579. The van der Waals surface area contributed by atoms with Crippen molar-refractivity contribution in [2.24, 2.45) is 0 Å². The number of hydrogen-bond acceptors (Lipinski definition) is 2. The highest BCUT2D eigenvalue weighted by Gasteiger charge is 2.06. The molecule has 0 fully saturated rings. The van der Waals surface area contributed by atoms with Crippen molar-refractivity contribution in [1.82, 2.24) is 10.2 Å². The first-order chi connectivity index (χ1) is 5.29. The standard InChI is InChI=1S/C6H4IN3O/c7-5-1-2-10(11)6-4(5)3-8-9-6/h1-3H,(H,8,9). The molecule has 0 radical (unpaired) electrons. The maximum atomic E-state index is 11.0. The fourth-order valence-corrected chi connectivity index (χ4v) is 1.48. The molecule has 0 aliphatic rings. The van der Waals surface area contributed by atoms with Crippen molar-refractivity contribution in [3.05, 3.63) is 27.2 Å². The summed E-state index contributed by atoms with van der Waals surface area (Å²) in [6.07, 6.45) is 3.10. The lowest BCUT2D eigenvalue weighted by Crippen LogP contribution is -2.26. The van der Waals surface area contributed by atoms with Crippen LogP contribution in [0.5, 0.6) is 0 Å². The Kier molecular flexibility index (Phi) is 1.45. The average Bonchev–Trinajstić information content (AvgIpc) is 2.45. The number of nitrogens with one attached hydrogen (secondary N) is 1. The largest absolute Gasteiger partial charge is 0.711 e. The Morgan fingerprint density at radius 2 is 2.45 bits per heavy atom. The third-order valence-corrected chi connectivity index (χ3v) is 2.39. The van der Waals surface area contributed by atoms with E-state index in [1.165, 1.54) is 6.20 Å². The van der Waals surface area contributed by atoms with Crippen LogP contribution in [-0.4, -0.2) is 10.2 Å². The summed E-state index contributed by atoms with van der Waals surface area (Å²) in [6, 6.07) is 1.76. The van der Waals surface area contributed by atoms with Gasteiger partial charge >= 0.3 is 5.65 Å². The van der Waals surface area contributed by atoms with Gasteiger partial charge in [-0.15, -0.1) is 5.10 Å². The Morgan fingerprint density at radius 1 is 1.64 bits per heavy atom. The Bertz CT molecular complexity index is 362. The molecule has 0 amide bonds. The van der Waals surface area contributed by atoms with E-state index >= 15 is 0 Å². The molecule has 0 aromatic carbocycles. The number of nitrogens with zero attached hydrogens (tertiary/aromatic N) is 2. The Hall–Kier alpha value is -0.850. The highest BCUT2D eigenvalue weighted by molar-refractivity contribution is 14.1. The average molecular weight is 261 g/mol. The van der Waals surface area contributed by atoms with E-state index in [0.717, 1.165) is 13.7 Å². The monoisotopic (exact) mass is 261 g/mol. The zero-order chi connectivity index (χ0) is 7.84. The first kappa shape index (κ1) is 6.84. The maximum absolute atomic E-state index is 11.0. The molecule has 2 aromatic rings. The molecule has 2 aromatic heterocycles. The van der Waals surface area contributed by atoms with Crippen molar-refractivity contribution in [3.63, 3.8) is 0 Å². The van der Waals surface area contributed by atoms with Crippen LogP contribution in [0.15, 0.2) is 18.5 Å². The topological polar surface area (TPSA) is 55.6 Å². The molecular weight excluding hydrogens is 257 g/mol. The molecule has 5 heteroatoms. The molecule has 1 N–H and O–H groups in total. The summed E-state index contributed by atoms with van der Waals surface area (Å²) in [5.41, 5.74) is 0.511. The van der Waals surface area contributed by atoms with E-state index in [9.17, 15) is 5.21 Å². The molecule has 0 aliphatic carbocycles. The minimum atomic E-state index is 0.511. The Balaban J connectivity index is 2.96. The van der Waals surface area contributed by atoms with Gasteiger partial charge in [0.1, 0.15) is 5.39 Å². The number of H-pyrrole nitrogens is 1. The molecule has 0 unspecified atom stereocenters. The summed E-state index contributed by atoms with van der Waals surface area (Å²) < 4.78 is 1.79. The van der Waals surface area contributed by atoms with Crippen LogP contribution in [0.1, 0.15) is 0 Å². The Labute approximate surface area is 76.0 Å².